The lowest BCUT2D eigenvalue weighted by Gasteiger charge is -2.05. The number of hydrogen-bond donors (Lipinski definition) is 0. The fraction of sp³-hybridized carbons (Fsp3) is 0.167. The molecule has 0 aliphatic rings. The lowest BCUT2D eigenvalue weighted by atomic mass is 10.2. The third-order valence-corrected chi connectivity index (χ3v) is 6.57. The molecule has 3 heterocycles. The van der Waals surface area contributed by atoms with Gasteiger partial charge in [-0.15, -0.1) is 32.9 Å². The summed E-state index contributed by atoms with van der Waals surface area (Å²) in [6.07, 6.45) is 0. The molecule has 1 aromatic carbocycles. The molecule has 26 heavy (non-hydrogen) atoms. The maximum Gasteiger partial charge on any atom is 0.191 e. The number of nitrogens with zero attached hydrogens (tertiary/aromatic N) is 4. The summed E-state index contributed by atoms with van der Waals surface area (Å²) in [5, 5.41) is 14.6. The summed E-state index contributed by atoms with van der Waals surface area (Å²) < 4.78 is 15.2. The molecule has 8 heteroatoms. The van der Waals surface area contributed by atoms with Crippen molar-refractivity contribution in [2.24, 2.45) is 0 Å². The number of rotatable bonds is 6. The summed E-state index contributed by atoms with van der Waals surface area (Å²) in [5.41, 5.74) is 1.92. The largest absolute Gasteiger partial charge is 0.302 e. The van der Waals surface area contributed by atoms with Crippen LogP contribution in [0.25, 0.3) is 21.3 Å². The van der Waals surface area contributed by atoms with Crippen molar-refractivity contribution in [1.29, 1.82) is 0 Å². The maximum absolute atomic E-state index is 13.1. The van der Waals surface area contributed by atoms with Crippen molar-refractivity contribution in [1.82, 2.24) is 19.7 Å². The van der Waals surface area contributed by atoms with Gasteiger partial charge in [-0.05, 0) is 42.6 Å². The number of aromatic nitrogens is 4. The van der Waals surface area contributed by atoms with Gasteiger partial charge in [0.2, 0.25) is 0 Å². The smallest absolute Gasteiger partial charge is 0.191 e. The minimum atomic E-state index is -0.235. The summed E-state index contributed by atoms with van der Waals surface area (Å²) in [4.78, 5) is 5.78. The lowest BCUT2D eigenvalue weighted by molar-refractivity contribution is 0.628. The third-order valence-electron chi connectivity index (χ3n) is 3.77. The highest BCUT2D eigenvalue weighted by Gasteiger charge is 2.14. The van der Waals surface area contributed by atoms with Gasteiger partial charge in [-0.2, -0.15) is 0 Å². The van der Waals surface area contributed by atoms with Crippen molar-refractivity contribution in [2.75, 3.05) is 0 Å². The zero-order valence-electron chi connectivity index (χ0n) is 13.9. The molecule has 132 valence electrons. The first kappa shape index (κ1) is 17.4. The first-order valence-electron chi connectivity index (χ1n) is 8.05. The van der Waals surface area contributed by atoms with Crippen LogP contribution in [0.15, 0.2) is 52.3 Å². The van der Waals surface area contributed by atoms with Gasteiger partial charge in [-0.25, -0.2) is 9.37 Å². The second kappa shape index (κ2) is 7.69. The number of halogens is 1. The zero-order valence-corrected chi connectivity index (χ0v) is 16.4. The Morgan fingerprint density at radius 3 is 2.69 bits per heavy atom. The average molecular weight is 403 g/mol. The van der Waals surface area contributed by atoms with Crippen LogP contribution in [0.3, 0.4) is 0 Å². The normalized spacial score (nSPS) is 11.2. The van der Waals surface area contributed by atoms with E-state index in [9.17, 15) is 4.39 Å². The first-order chi connectivity index (χ1) is 12.7. The minimum absolute atomic E-state index is 0.235. The van der Waals surface area contributed by atoms with Gasteiger partial charge < -0.3 is 4.57 Å². The number of hydrogen-bond acceptors (Lipinski definition) is 6. The molecule has 0 aliphatic carbocycles. The van der Waals surface area contributed by atoms with Crippen LogP contribution in [-0.2, 0) is 12.3 Å². The molecule has 4 aromatic rings. The molecule has 0 fully saturated rings. The van der Waals surface area contributed by atoms with Crippen LogP contribution < -0.4 is 0 Å². The van der Waals surface area contributed by atoms with Gasteiger partial charge in [0, 0.05) is 23.2 Å². The summed E-state index contributed by atoms with van der Waals surface area (Å²) in [5.74, 6) is 1.40. The van der Waals surface area contributed by atoms with E-state index in [-0.39, 0.29) is 5.82 Å². The molecule has 4 nitrogen and oxygen atoms in total. The summed E-state index contributed by atoms with van der Waals surface area (Å²) in [6.45, 7) is 2.92. The quantitative estimate of drug-likeness (QED) is 0.395. The SMILES string of the molecule is CCn1c(SCc2csc(-c3ccc(F)cc3)n2)nnc1-c1cccs1. The van der Waals surface area contributed by atoms with Crippen LogP contribution in [0, 0.1) is 5.82 Å². The monoisotopic (exact) mass is 402 g/mol. The highest BCUT2D eigenvalue weighted by Crippen LogP contribution is 2.30. The van der Waals surface area contributed by atoms with E-state index in [0.29, 0.717) is 0 Å². The Kier molecular flexibility index (Phi) is 5.14. The van der Waals surface area contributed by atoms with Gasteiger partial charge >= 0.3 is 0 Å². The van der Waals surface area contributed by atoms with Gasteiger partial charge in [0.1, 0.15) is 10.8 Å². The lowest BCUT2D eigenvalue weighted by Crippen LogP contribution is -1.99. The number of thiazole rings is 1. The molecule has 0 atom stereocenters. The van der Waals surface area contributed by atoms with Crippen molar-refractivity contribution in [3.05, 3.63) is 58.7 Å². The van der Waals surface area contributed by atoms with Crippen molar-refractivity contribution < 1.29 is 4.39 Å². The Hall–Kier alpha value is -2.03. The summed E-state index contributed by atoms with van der Waals surface area (Å²) in [7, 11) is 0. The van der Waals surface area contributed by atoms with E-state index in [0.717, 1.165) is 44.4 Å². The Labute approximate surface area is 162 Å². The number of benzene rings is 1. The molecule has 0 N–H and O–H groups in total. The summed E-state index contributed by atoms with van der Waals surface area (Å²) in [6, 6.07) is 10.5. The van der Waals surface area contributed by atoms with Crippen LogP contribution in [0.1, 0.15) is 12.6 Å². The van der Waals surface area contributed by atoms with Crippen LogP contribution in [-0.4, -0.2) is 19.7 Å². The second-order valence-corrected chi connectivity index (χ2v) is 8.22. The highest BCUT2D eigenvalue weighted by atomic mass is 32.2. The van der Waals surface area contributed by atoms with Gasteiger partial charge in [-0.1, -0.05) is 17.8 Å². The third kappa shape index (κ3) is 3.58. The molecular formula is C18H15FN4S3. The molecule has 0 aliphatic heterocycles. The predicted molar refractivity (Wildman–Crippen MR) is 106 cm³/mol. The van der Waals surface area contributed by atoms with E-state index in [1.54, 1.807) is 46.6 Å². The van der Waals surface area contributed by atoms with E-state index in [1.807, 2.05) is 16.8 Å². The topological polar surface area (TPSA) is 43.6 Å². The first-order valence-corrected chi connectivity index (χ1v) is 10.8. The fourth-order valence-electron chi connectivity index (χ4n) is 2.51. The average Bonchev–Trinajstić information content (AvgIpc) is 3.40. The molecule has 0 saturated carbocycles. The van der Waals surface area contributed by atoms with E-state index in [2.05, 4.69) is 32.7 Å². The molecule has 0 amide bonds. The molecule has 0 spiro atoms. The van der Waals surface area contributed by atoms with Crippen LogP contribution in [0.5, 0.6) is 0 Å². The molecule has 4 rings (SSSR count). The maximum atomic E-state index is 13.1. The van der Waals surface area contributed by atoms with Gasteiger partial charge in [0.15, 0.2) is 11.0 Å². The molecular weight excluding hydrogens is 387 g/mol. The Bertz CT molecular complexity index is 990. The second-order valence-electron chi connectivity index (χ2n) is 5.47. The van der Waals surface area contributed by atoms with E-state index < -0.39 is 0 Å². The van der Waals surface area contributed by atoms with Crippen molar-refractivity contribution in [2.45, 2.75) is 24.4 Å². The minimum Gasteiger partial charge on any atom is -0.302 e. The molecule has 0 radical (unpaired) electrons. The Morgan fingerprint density at radius 1 is 1.12 bits per heavy atom. The fourth-order valence-corrected chi connectivity index (χ4v) is 5.05. The number of thiophene rings is 1. The summed E-state index contributed by atoms with van der Waals surface area (Å²) >= 11 is 4.87. The Balaban J connectivity index is 1.49. The molecule has 3 aromatic heterocycles. The molecule has 0 unspecified atom stereocenters. The molecule has 0 saturated heterocycles. The van der Waals surface area contributed by atoms with Crippen molar-refractivity contribution >= 4 is 34.4 Å². The van der Waals surface area contributed by atoms with Gasteiger partial charge in [-0.3, -0.25) is 0 Å². The predicted octanol–water partition coefficient (Wildman–Crippen LogP) is 5.58. The van der Waals surface area contributed by atoms with Crippen molar-refractivity contribution in [3.63, 3.8) is 0 Å². The van der Waals surface area contributed by atoms with Crippen LogP contribution in [0.4, 0.5) is 4.39 Å². The van der Waals surface area contributed by atoms with Gasteiger partial charge in [0.25, 0.3) is 0 Å². The Morgan fingerprint density at radius 2 is 1.96 bits per heavy atom. The van der Waals surface area contributed by atoms with Crippen LogP contribution >= 0.6 is 34.4 Å². The van der Waals surface area contributed by atoms with E-state index in [1.165, 1.54) is 12.1 Å². The van der Waals surface area contributed by atoms with E-state index in [4.69, 9.17) is 0 Å². The van der Waals surface area contributed by atoms with Crippen LogP contribution in [0.2, 0.25) is 0 Å². The standard InChI is InChI=1S/C18H15FN4S3/c1-2-23-16(15-4-3-9-24-15)21-22-18(23)26-11-14-10-25-17(20-14)12-5-7-13(19)8-6-12/h3-10H,2,11H2,1H3. The van der Waals surface area contributed by atoms with E-state index >= 15 is 0 Å². The zero-order chi connectivity index (χ0) is 17.9. The molecule has 0 bridgehead atoms. The number of thioether (sulfide) groups is 1. The van der Waals surface area contributed by atoms with Crippen molar-refractivity contribution in [3.8, 4) is 21.3 Å². The highest BCUT2D eigenvalue weighted by molar-refractivity contribution is 7.98. The van der Waals surface area contributed by atoms with Gasteiger partial charge in [0.05, 0.1) is 10.6 Å².